The van der Waals surface area contributed by atoms with Gasteiger partial charge < -0.3 is 15.4 Å². The van der Waals surface area contributed by atoms with Gasteiger partial charge >= 0.3 is 0 Å². The Morgan fingerprint density at radius 1 is 1.25 bits per heavy atom. The van der Waals surface area contributed by atoms with Crippen molar-refractivity contribution >= 4 is 44.8 Å². The van der Waals surface area contributed by atoms with Gasteiger partial charge in [-0.25, -0.2) is 8.78 Å². The molecule has 0 aliphatic heterocycles. The van der Waals surface area contributed by atoms with Crippen LogP contribution < -0.4 is 15.4 Å². The van der Waals surface area contributed by atoms with Crippen molar-refractivity contribution in [3.63, 3.8) is 0 Å². The van der Waals surface area contributed by atoms with Crippen LogP contribution in [0, 0.1) is 11.6 Å². The summed E-state index contributed by atoms with van der Waals surface area (Å²) >= 11 is 9.33. The van der Waals surface area contributed by atoms with E-state index in [0.29, 0.717) is 33.6 Å². The maximum absolute atomic E-state index is 13.5. The number of amides is 1. The van der Waals surface area contributed by atoms with Crippen LogP contribution in [0.1, 0.15) is 6.92 Å². The highest BCUT2D eigenvalue weighted by atomic mass is 79.9. The fourth-order valence-electron chi connectivity index (χ4n) is 1.94. The lowest BCUT2D eigenvalue weighted by Crippen LogP contribution is -2.22. The summed E-state index contributed by atoms with van der Waals surface area (Å²) in [4.78, 5) is 11.9. The first-order valence-electron chi connectivity index (χ1n) is 7.01. The van der Waals surface area contributed by atoms with Crippen molar-refractivity contribution in [2.24, 2.45) is 0 Å². The van der Waals surface area contributed by atoms with Gasteiger partial charge in [-0.3, -0.25) is 4.79 Å². The first-order valence-corrected chi connectivity index (χ1v) is 8.18. The quantitative estimate of drug-likeness (QED) is 0.705. The van der Waals surface area contributed by atoms with E-state index in [-0.39, 0.29) is 12.2 Å². The predicted molar refractivity (Wildman–Crippen MR) is 93.8 cm³/mol. The molecular weight excluding hydrogens is 406 g/mol. The van der Waals surface area contributed by atoms with Crippen molar-refractivity contribution in [2.75, 3.05) is 23.8 Å². The first-order chi connectivity index (χ1) is 11.4. The van der Waals surface area contributed by atoms with Crippen molar-refractivity contribution in [2.45, 2.75) is 6.92 Å². The average molecular weight is 420 g/mol. The van der Waals surface area contributed by atoms with Gasteiger partial charge in [-0.05, 0) is 47.1 Å². The van der Waals surface area contributed by atoms with E-state index in [1.807, 2.05) is 6.92 Å². The second kappa shape index (κ2) is 8.30. The molecule has 0 aromatic heterocycles. The highest BCUT2D eigenvalue weighted by molar-refractivity contribution is 9.10. The van der Waals surface area contributed by atoms with Gasteiger partial charge in [-0.15, -0.1) is 0 Å². The maximum Gasteiger partial charge on any atom is 0.243 e. The van der Waals surface area contributed by atoms with E-state index < -0.39 is 17.5 Å². The van der Waals surface area contributed by atoms with Crippen LogP contribution in [0.2, 0.25) is 5.02 Å². The summed E-state index contributed by atoms with van der Waals surface area (Å²) in [6, 6.07) is 6.20. The lowest BCUT2D eigenvalue weighted by molar-refractivity contribution is -0.114. The maximum atomic E-state index is 13.5. The van der Waals surface area contributed by atoms with Gasteiger partial charge in [0.15, 0.2) is 5.75 Å². The zero-order chi connectivity index (χ0) is 17.7. The third-order valence-electron chi connectivity index (χ3n) is 2.94. The average Bonchev–Trinajstić information content (AvgIpc) is 2.51. The number of carbonyl (C=O) groups is 1. The molecule has 0 bridgehead atoms. The minimum absolute atomic E-state index is 0.0968. The van der Waals surface area contributed by atoms with Crippen molar-refractivity contribution in [3.8, 4) is 5.75 Å². The molecule has 0 saturated carbocycles. The van der Waals surface area contributed by atoms with E-state index in [9.17, 15) is 13.6 Å². The van der Waals surface area contributed by atoms with Gasteiger partial charge in [0.05, 0.1) is 29.0 Å². The van der Waals surface area contributed by atoms with Gasteiger partial charge in [-0.1, -0.05) is 11.6 Å². The predicted octanol–water partition coefficient (Wildman–Crippen LogP) is 4.83. The second-order valence-corrected chi connectivity index (χ2v) is 6.01. The molecule has 24 heavy (non-hydrogen) atoms. The van der Waals surface area contributed by atoms with Crippen LogP contribution in [0.15, 0.2) is 34.8 Å². The first kappa shape index (κ1) is 18.5. The Balaban J connectivity index is 2.06. The standard InChI is InChI=1S/C16H14BrClF2N2O2/c1-2-24-16-11(17)5-9(18)6-14(16)21-8-15(23)22-13-4-3-10(19)7-12(13)20/h3-7,21H,2,8H2,1H3,(H,22,23). The molecule has 2 aromatic carbocycles. The summed E-state index contributed by atoms with van der Waals surface area (Å²) in [7, 11) is 0. The number of hydrogen-bond acceptors (Lipinski definition) is 3. The summed E-state index contributed by atoms with van der Waals surface area (Å²) in [6.07, 6.45) is 0. The van der Waals surface area contributed by atoms with Gasteiger partial charge in [0.2, 0.25) is 5.91 Å². The topological polar surface area (TPSA) is 50.4 Å². The SMILES string of the molecule is CCOc1c(Br)cc(Cl)cc1NCC(=O)Nc1ccc(F)cc1F. The summed E-state index contributed by atoms with van der Waals surface area (Å²) in [5.41, 5.74) is 0.423. The number of carbonyl (C=O) groups excluding carboxylic acids is 1. The van der Waals surface area contributed by atoms with Crippen LogP contribution in [-0.2, 0) is 4.79 Å². The Bertz CT molecular complexity index is 759. The number of rotatable bonds is 6. The Morgan fingerprint density at radius 2 is 2.00 bits per heavy atom. The van der Waals surface area contributed by atoms with Crippen LogP contribution in [0.5, 0.6) is 5.75 Å². The van der Waals surface area contributed by atoms with Crippen molar-refractivity contribution in [1.82, 2.24) is 0 Å². The molecule has 0 fully saturated rings. The number of halogens is 4. The third-order valence-corrected chi connectivity index (χ3v) is 3.75. The molecule has 1 amide bonds. The molecule has 0 spiro atoms. The van der Waals surface area contributed by atoms with E-state index in [1.165, 1.54) is 0 Å². The number of nitrogens with one attached hydrogen (secondary N) is 2. The van der Waals surface area contributed by atoms with E-state index in [2.05, 4.69) is 26.6 Å². The Morgan fingerprint density at radius 3 is 2.67 bits per heavy atom. The minimum atomic E-state index is -0.844. The lowest BCUT2D eigenvalue weighted by Gasteiger charge is -2.14. The molecule has 2 rings (SSSR count). The molecule has 0 saturated heterocycles. The molecule has 128 valence electrons. The summed E-state index contributed by atoms with van der Waals surface area (Å²) in [5, 5.41) is 5.70. The van der Waals surface area contributed by atoms with Crippen molar-refractivity contribution in [3.05, 3.63) is 51.5 Å². The molecule has 0 aliphatic carbocycles. The van der Waals surface area contributed by atoms with E-state index in [1.54, 1.807) is 12.1 Å². The minimum Gasteiger partial charge on any atom is -0.491 e. The lowest BCUT2D eigenvalue weighted by atomic mass is 10.2. The molecule has 0 radical (unpaired) electrons. The molecule has 8 heteroatoms. The molecular formula is C16H14BrClF2N2O2. The largest absolute Gasteiger partial charge is 0.491 e. The molecule has 0 atom stereocenters. The van der Waals surface area contributed by atoms with Crippen molar-refractivity contribution < 1.29 is 18.3 Å². The molecule has 4 nitrogen and oxygen atoms in total. The molecule has 2 aromatic rings. The Hall–Kier alpha value is -1.86. The fourth-order valence-corrected chi connectivity index (χ4v) is 2.87. The number of anilines is 2. The van der Waals surface area contributed by atoms with Gasteiger partial charge in [0.25, 0.3) is 0 Å². The van der Waals surface area contributed by atoms with Crippen LogP contribution in [0.3, 0.4) is 0 Å². The van der Waals surface area contributed by atoms with Crippen LogP contribution in [0.25, 0.3) is 0 Å². The van der Waals surface area contributed by atoms with E-state index in [0.717, 1.165) is 12.1 Å². The van der Waals surface area contributed by atoms with E-state index >= 15 is 0 Å². The number of benzene rings is 2. The molecule has 0 unspecified atom stereocenters. The van der Waals surface area contributed by atoms with Crippen LogP contribution >= 0.6 is 27.5 Å². The third kappa shape index (κ3) is 4.82. The summed E-state index contributed by atoms with van der Waals surface area (Å²) in [5.74, 6) is -1.54. The molecule has 0 aliphatic rings. The van der Waals surface area contributed by atoms with Crippen LogP contribution in [-0.4, -0.2) is 19.1 Å². The summed E-state index contributed by atoms with van der Waals surface area (Å²) < 4.78 is 32.5. The number of hydrogen-bond donors (Lipinski definition) is 2. The highest BCUT2D eigenvalue weighted by Gasteiger charge is 2.12. The Kier molecular flexibility index (Phi) is 6.39. The normalized spacial score (nSPS) is 10.4. The van der Waals surface area contributed by atoms with Crippen LogP contribution in [0.4, 0.5) is 20.2 Å². The number of ether oxygens (including phenoxy) is 1. The smallest absolute Gasteiger partial charge is 0.243 e. The van der Waals surface area contributed by atoms with Gasteiger partial charge in [-0.2, -0.15) is 0 Å². The monoisotopic (exact) mass is 418 g/mol. The molecule has 0 heterocycles. The molecule has 2 N–H and O–H groups in total. The second-order valence-electron chi connectivity index (χ2n) is 4.72. The highest BCUT2D eigenvalue weighted by Crippen LogP contribution is 2.36. The van der Waals surface area contributed by atoms with Gasteiger partial charge in [0, 0.05) is 11.1 Å². The van der Waals surface area contributed by atoms with E-state index in [4.69, 9.17) is 16.3 Å². The fraction of sp³-hybridized carbons (Fsp3) is 0.188. The zero-order valence-corrected chi connectivity index (χ0v) is 15.0. The van der Waals surface area contributed by atoms with Gasteiger partial charge in [0.1, 0.15) is 11.6 Å². The summed E-state index contributed by atoms with van der Waals surface area (Å²) in [6.45, 7) is 2.11. The zero-order valence-electron chi connectivity index (χ0n) is 12.6. The Labute approximate surface area is 151 Å². The van der Waals surface area contributed by atoms with Crippen molar-refractivity contribution in [1.29, 1.82) is 0 Å².